The van der Waals surface area contributed by atoms with Gasteiger partial charge in [-0.15, -0.1) is 0 Å². The van der Waals surface area contributed by atoms with Gasteiger partial charge in [0.2, 0.25) is 5.91 Å². The molecule has 0 bridgehead atoms. The molecule has 3 aromatic carbocycles. The van der Waals surface area contributed by atoms with E-state index < -0.39 is 0 Å². The van der Waals surface area contributed by atoms with Crippen molar-refractivity contribution in [1.82, 2.24) is 9.80 Å². The SMILES string of the molecule is COc1cc2c(cc1OC)CC(=O)N(CC1CCCCN(CCc3ccc4ccccc4c3)C1)CC2. The molecule has 2 aliphatic rings. The van der Waals surface area contributed by atoms with Crippen LogP contribution in [0.5, 0.6) is 11.5 Å². The highest BCUT2D eigenvalue weighted by Gasteiger charge is 2.26. The van der Waals surface area contributed by atoms with Gasteiger partial charge >= 0.3 is 0 Å². The Bertz CT molecular complexity index is 1210. The Morgan fingerprint density at radius 1 is 0.889 bits per heavy atom. The first-order valence-electron chi connectivity index (χ1n) is 13.3. The molecule has 36 heavy (non-hydrogen) atoms. The van der Waals surface area contributed by atoms with Crippen LogP contribution in [0, 0.1) is 5.92 Å². The predicted octanol–water partition coefficient (Wildman–Crippen LogP) is 5.13. The maximum absolute atomic E-state index is 13.2. The fourth-order valence-corrected chi connectivity index (χ4v) is 5.87. The van der Waals surface area contributed by atoms with Gasteiger partial charge in [-0.05, 0) is 77.7 Å². The maximum atomic E-state index is 13.2. The average Bonchev–Trinajstić information content (AvgIpc) is 3.22. The number of amides is 1. The molecule has 5 heteroatoms. The monoisotopic (exact) mass is 486 g/mol. The summed E-state index contributed by atoms with van der Waals surface area (Å²) in [6.07, 6.45) is 6.05. The number of fused-ring (bicyclic) bond motifs is 2. The number of hydrogen-bond acceptors (Lipinski definition) is 4. The number of carbonyl (C=O) groups excluding carboxylic acids is 1. The minimum atomic E-state index is 0.230. The number of ether oxygens (including phenoxy) is 2. The summed E-state index contributed by atoms with van der Waals surface area (Å²) in [4.78, 5) is 18.0. The zero-order valence-electron chi connectivity index (χ0n) is 21.7. The highest BCUT2D eigenvalue weighted by atomic mass is 16.5. The Morgan fingerprint density at radius 3 is 2.47 bits per heavy atom. The lowest BCUT2D eigenvalue weighted by molar-refractivity contribution is -0.130. The van der Waals surface area contributed by atoms with Crippen LogP contribution in [-0.2, 0) is 24.1 Å². The fraction of sp³-hybridized carbons (Fsp3) is 0.452. The van der Waals surface area contributed by atoms with Crippen molar-refractivity contribution in [1.29, 1.82) is 0 Å². The van der Waals surface area contributed by atoms with Crippen molar-refractivity contribution in [2.45, 2.75) is 38.5 Å². The van der Waals surface area contributed by atoms with E-state index in [4.69, 9.17) is 9.47 Å². The number of likely N-dealkylation sites (tertiary alicyclic amines) is 1. The standard InChI is InChI=1S/C31H38N2O3/c1-35-29-18-27-13-16-33(31(34)20-28(27)19-30(29)36-2)22-24-7-5-6-14-32(21-24)15-12-23-10-11-25-8-3-4-9-26(25)17-23/h3-4,8-11,17-19,24H,5-7,12-16,20-22H2,1-2H3. The molecular weight excluding hydrogens is 448 g/mol. The van der Waals surface area contributed by atoms with E-state index in [1.165, 1.54) is 41.2 Å². The summed E-state index contributed by atoms with van der Waals surface area (Å²) in [5.74, 6) is 2.19. The summed E-state index contributed by atoms with van der Waals surface area (Å²) in [7, 11) is 3.31. The third-order valence-electron chi connectivity index (χ3n) is 7.91. The molecule has 0 N–H and O–H groups in total. The minimum Gasteiger partial charge on any atom is -0.493 e. The highest BCUT2D eigenvalue weighted by molar-refractivity contribution is 5.83. The third-order valence-corrected chi connectivity index (χ3v) is 7.91. The van der Waals surface area contributed by atoms with Gasteiger partial charge in [-0.3, -0.25) is 4.79 Å². The second-order valence-corrected chi connectivity index (χ2v) is 10.3. The van der Waals surface area contributed by atoms with Gasteiger partial charge in [0, 0.05) is 26.2 Å². The Hall–Kier alpha value is -3.05. The number of nitrogens with zero attached hydrogens (tertiary/aromatic N) is 2. The van der Waals surface area contributed by atoms with Gasteiger partial charge in [-0.1, -0.05) is 48.9 Å². The normalized spacial score (nSPS) is 19.0. The van der Waals surface area contributed by atoms with Crippen LogP contribution < -0.4 is 9.47 Å². The number of methoxy groups -OCH3 is 2. The van der Waals surface area contributed by atoms with Gasteiger partial charge in [-0.25, -0.2) is 0 Å². The summed E-state index contributed by atoms with van der Waals surface area (Å²) in [5, 5.41) is 2.62. The molecule has 0 saturated carbocycles. The minimum absolute atomic E-state index is 0.230. The summed E-state index contributed by atoms with van der Waals surface area (Å²) in [5.41, 5.74) is 3.67. The number of hydrogen-bond donors (Lipinski definition) is 0. The Balaban J connectivity index is 1.20. The zero-order chi connectivity index (χ0) is 24.9. The highest BCUT2D eigenvalue weighted by Crippen LogP contribution is 2.32. The summed E-state index contributed by atoms with van der Waals surface area (Å²) < 4.78 is 11.0. The second-order valence-electron chi connectivity index (χ2n) is 10.3. The average molecular weight is 487 g/mol. The molecule has 190 valence electrons. The van der Waals surface area contributed by atoms with Crippen LogP contribution in [0.2, 0.25) is 0 Å². The topological polar surface area (TPSA) is 42.0 Å². The lowest BCUT2D eigenvalue weighted by atomic mass is 10.0. The van der Waals surface area contributed by atoms with Gasteiger partial charge in [0.1, 0.15) is 0 Å². The molecular formula is C31H38N2O3. The van der Waals surface area contributed by atoms with Crippen molar-refractivity contribution in [3.8, 4) is 11.5 Å². The van der Waals surface area contributed by atoms with Crippen LogP contribution in [0.25, 0.3) is 10.8 Å². The summed E-state index contributed by atoms with van der Waals surface area (Å²) >= 11 is 0. The Morgan fingerprint density at radius 2 is 1.67 bits per heavy atom. The molecule has 0 aliphatic carbocycles. The van der Waals surface area contributed by atoms with E-state index in [0.29, 0.717) is 18.1 Å². The van der Waals surface area contributed by atoms with E-state index in [0.717, 1.165) is 56.9 Å². The molecule has 0 radical (unpaired) electrons. The number of carbonyl (C=O) groups is 1. The molecule has 1 amide bonds. The first-order valence-corrected chi connectivity index (χ1v) is 13.3. The molecule has 0 aromatic heterocycles. The van der Waals surface area contributed by atoms with Crippen LogP contribution in [-0.4, -0.2) is 62.7 Å². The largest absolute Gasteiger partial charge is 0.493 e. The van der Waals surface area contributed by atoms with Crippen LogP contribution >= 0.6 is 0 Å². The van der Waals surface area contributed by atoms with E-state index in [1.807, 2.05) is 12.1 Å². The second kappa shape index (κ2) is 11.3. The van der Waals surface area contributed by atoms with Crippen molar-refractivity contribution in [2.24, 2.45) is 5.92 Å². The Labute approximate surface area is 215 Å². The van der Waals surface area contributed by atoms with Gasteiger partial charge in [0.15, 0.2) is 11.5 Å². The van der Waals surface area contributed by atoms with Crippen molar-refractivity contribution in [2.75, 3.05) is 46.9 Å². The van der Waals surface area contributed by atoms with E-state index in [9.17, 15) is 4.79 Å². The fourth-order valence-electron chi connectivity index (χ4n) is 5.87. The van der Waals surface area contributed by atoms with Crippen molar-refractivity contribution in [3.05, 3.63) is 71.3 Å². The number of rotatable bonds is 7. The molecule has 5 nitrogen and oxygen atoms in total. The molecule has 2 heterocycles. The van der Waals surface area contributed by atoms with Crippen molar-refractivity contribution < 1.29 is 14.3 Å². The van der Waals surface area contributed by atoms with Crippen molar-refractivity contribution >= 4 is 16.7 Å². The first kappa shape index (κ1) is 24.6. The molecule has 2 aliphatic heterocycles. The molecule has 1 unspecified atom stereocenters. The first-order chi connectivity index (χ1) is 17.6. The van der Waals surface area contributed by atoms with Gasteiger partial charge in [0.25, 0.3) is 0 Å². The molecule has 1 saturated heterocycles. The van der Waals surface area contributed by atoms with Gasteiger partial charge < -0.3 is 19.3 Å². The smallest absolute Gasteiger partial charge is 0.227 e. The quantitative estimate of drug-likeness (QED) is 0.464. The van der Waals surface area contributed by atoms with Crippen molar-refractivity contribution in [3.63, 3.8) is 0 Å². The van der Waals surface area contributed by atoms with E-state index in [2.05, 4.69) is 52.3 Å². The molecule has 0 spiro atoms. The van der Waals surface area contributed by atoms with Gasteiger partial charge in [0.05, 0.1) is 20.6 Å². The Kier molecular flexibility index (Phi) is 7.76. The zero-order valence-corrected chi connectivity index (χ0v) is 21.7. The molecule has 3 aromatic rings. The molecule has 1 fully saturated rings. The molecule has 1 atom stereocenters. The van der Waals surface area contributed by atoms with Gasteiger partial charge in [-0.2, -0.15) is 0 Å². The van der Waals surface area contributed by atoms with E-state index in [-0.39, 0.29) is 5.91 Å². The van der Waals surface area contributed by atoms with Crippen LogP contribution in [0.1, 0.15) is 36.0 Å². The third kappa shape index (κ3) is 5.67. The van der Waals surface area contributed by atoms with Crippen LogP contribution in [0.3, 0.4) is 0 Å². The summed E-state index contributed by atoms with van der Waals surface area (Å²) in [6.45, 7) is 4.94. The molecule has 5 rings (SSSR count). The number of benzene rings is 3. The predicted molar refractivity (Wildman–Crippen MR) is 145 cm³/mol. The maximum Gasteiger partial charge on any atom is 0.227 e. The van der Waals surface area contributed by atoms with E-state index in [1.54, 1.807) is 14.2 Å². The summed E-state index contributed by atoms with van der Waals surface area (Å²) in [6, 6.07) is 19.5. The lowest BCUT2D eigenvalue weighted by Gasteiger charge is -2.29. The van der Waals surface area contributed by atoms with E-state index >= 15 is 0 Å². The van der Waals surface area contributed by atoms with Crippen LogP contribution in [0.4, 0.5) is 0 Å². The van der Waals surface area contributed by atoms with Crippen LogP contribution in [0.15, 0.2) is 54.6 Å². The lowest BCUT2D eigenvalue weighted by Crippen LogP contribution is -2.40.